The minimum Gasteiger partial charge on any atom is -0.495 e. The Bertz CT molecular complexity index is 1250. The first-order chi connectivity index (χ1) is 19.4. The number of benzene rings is 1. The summed E-state index contributed by atoms with van der Waals surface area (Å²) in [5.74, 6) is 1.46. The number of carbonyl (C=O) groups is 2. The Morgan fingerprint density at radius 2 is 1.98 bits per heavy atom. The number of ether oxygens (including phenoxy) is 1. The standard InChI is InChI=1S/C30H41N7O3/c1-5-9-21-18-37(23-10-7-6-8-11-23)27-25(36(3)29(21)39)17-31-30(34-27)33-24-13-12-20(16-26(24)40-4)28(38)32-22-14-15-35(2)19-22/h5,12-13,16-17,21-23H,1,6-11,14-15,18-19H2,2-4H3,(H,32,38)(H,31,33,34)/t21?,22-/m0/s1. The number of rotatable bonds is 8. The quantitative estimate of drug-likeness (QED) is 0.479. The van der Waals surface area contributed by atoms with Crippen LogP contribution < -0.4 is 25.2 Å². The van der Waals surface area contributed by atoms with Crippen LogP contribution in [0, 0.1) is 5.92 Å². The normalized spacial score (nSPS) is 22.0. The molecule has 10 heteroatoms. The van der Waals surface area contributed by atoms with Crippen LogP contribution in [0.5, 0.6) is 5.75 Å². The molecule has 0 bridgehead atoms. The SMILES string of the molecule is C=CCC1CN(C2CCCCC2)c2nc(Nc3ccc(C(=O)N[C@H]4CCN(C)C4)cc3OC)ncc2N(C)C1=O. The molecule has 2 N–H and O–H groups in total. The number of carbonyl (C=O) groups excluding carboxylic acids is 2. The molecule has 2 atom stereocenters. The summed E-state index contributed by atoms with van der Waals surface area (Å²) in [6.45, 7) is 6.33. The first kappa shape index (κ1) is 27.9. The Hall–Kier alpha value is -3.66. The van der Waals surface area contributed by atoms with Crippen molar-refractivity contribution >= 4 is 35.0 Å². The van der Waals surface area contributed by atoms with Gasteiger partial charge in [0.15, 0.2) is 5.82 Å². The zero-order chi connectivity index (χ0) is 28.2. The molecule has 1 aromatic carbocycles. The number of amides is 2. The minimum atomic E-state index is -0.182. The Morgan fingerprint density at radius 3 is 2.67 bits per heavy atom. The summed E-state index contributed by atoms with van der Waals surface area (Å²) in [6.07, 6.45) is 10.9. The number of likely N-dealkylation sites (N-methyl/N-ethyl adjacent to an activating group) is 1. The molecule has 2 aliphatic heterocycles. The summed E-state index contributed by atoms with van der Waals surface area (Å²) < 4.78 is 5.64. The van der Waals surface area contributed by atoms with Gasteiger partial charge in [-0.1, -0.05) is 25.3 Å². The van der Waals surface area contributed by atoms with Crippen LogP contribution in [0.1, 0.15) is 55.3 Å². The van der Waals surface area contributed by atoms with Crippen LogP contribution >= 0.6 is 0 Å². The molecule has 3 aliphatic rings. The fourth-order valence-electron chi connectivity index (χ4n) is 6.14. The van der Waals surface area contributed by atoms with E-state index < -0.39 is 0 Å². The second-order valence-corrected chi connectivity index (χ2v) is 11.2. The highest BCUT2D eigenvalue weighted by Gasteiger charge is 2.36. The van der Waals surface area contributed by atoms with Crippen molar-refractivity contribution in [2.24, 2.45) is 5.92 Å². The Balaban J connectivity index is 1.41. The van der Waals surface area contributed by atoms with Gasteiger partial charge in [0.05, 0.1) is 24.9 Å². The largest absolute Gasteiger partial charge is 0.495 e. The molecule has 3 heterocycles. The molecule has 0 spiro atoms. The van der Waals surface area contributed by atoms with Gasteiger partial charge in [0.1, 0.15) is 11.4 Å². The summed E-state index contributed by atoms with van der Waals surface area (Å²) in [6, 6.07) is 5.81. The fraction of sp³-hybridized carbons (Fsp3) is 0.533. The van der Waals surface area contributed by atoms with Gasteiger partial charge in [-0.05, 0) is 57.5 Å². The molecule has 1 aliphatic carbocycles. The molecule has 40 heavy (non-hydrogen) atoms. The number of hydrogen-bond donors (Lipinski definition) is 2. The van der Waals surface area contributed by atoms with E-state index in [9.17, 15) is 9.59 Å². The van der Waals surface area contributed by atoms with E-state index in [4.69, 9.17) is 9.72 Å². The number of likely N-dealkylation sites (tertiary alicyclic amines) is 1. The molecule has 1 unspecified atom stereocenters. The van der Waals surface area contributed by atoms with E-state index in [2.05, 4.69) is 39.0 Å². The lowest BCUT2D eigenvalue weighted by atomic mass is 9.93. The van der Waals surface area contributed by atoms with Gasteiger partial charge in [-0.3, -0.25) is 9.59 Å². The van der Waals surface area contributed by atoms with E-state index in [-0.39, 0.29) is 23.8 Å². The van der Waals surface area contributed by atoms with Crippen LogP contribution in [0.25, 0.3) is 0 Å². The number of nitrogens with zero attached hydrogens (tertiary/aromatic N) is 5. The lowest BCUT2D eigenvalue weighted by Crippen LogP contribution is -2.41. The van der Waals surface area contributed by atoms with Gasteiger partial charge in [-0.15, -0.1) is 6.58 Å². The molecule has 2 aromatic rings. The first-order valence-corrected chi connectivity index (χ1v) is 14.3. The molecule has 2 amide bonds. The lowest BCUT2D eigenvalue weighted by molar-refractivity contribution is -0.121. The predicted octanol–water partition coefficient (Wildman–Crippen LogP) is 3.97. The monoisotopic (exact) mass is 547 g/mol. The maximum absolute atomic E-state index is 13.3. The summed E-state index contributed by atoms with van der Waals surface area (Å²) >= 11 is 0. The Morgan fingerprint density at radius 1 is 1.18 bits per heavy atom. The fourth-order valence-corrected chi connectivity index (χ4v) is 6.14. The van der Waals surface area contributed by atoms with Crippen molar-refractivity contribution in [3.8, 4) is 5.75 Å². The Labute approximate surface area is 236 Å². The van der Waals surface area contributed by atoms with Crippen molar-refractivity contribution in [2.75, 3.05) is 56.0 Å². The number of anilines is 4. The topological polar surface area (TPSA) is 103 Å². The predicted molar refractivity (Wildman–Crippen MR) is 158 cm³/mol. The van der Waals surface area contributed by atoms with Gasteiger partial charge in [-0.2, -0.15) is 4.98 Å². The third-order valence-corrected chi connectivity index (χ3v) is 8.38. The van der Waals surface area contributed by atoms with Crippen LogP contribution in [0.2, 0.25) is 0 Å². The van der Waals surface area contributed by atoms with E-state index >= 15 is 0 Å². The van der Waals surface area contributed by atoms with Crippen LogP contribution in [0.4, 0.5) is 23.1 Å². The number of aromatic nitrogens is 2. The maximum atomic E-state index is 13.3. The van der Waals surface area contributed by atoms with Crippen LogP contribution in [-0.4, -0.2) is 79.6 Å². The molecule has 0 radical (unpaired) electrons. The highest BCUT2D eigenvalue weighted by atomic mass is 16.5. The summed E-state index contributed by atoms with van der Waals surface area (Å²) in [5, 5.41) is 6.41. The van der Waals surface area contributed by atoms with Gasteiger partial charge < -0.3 is 30.1 Å². The van der Waals surface area contributed by atoms with Crippen molar-refractivity contribution in [3.63, 3.8) is 0 Å². The van der Waals surface area contributed by atoms with Crippen LogP contribution in [0.3, 0.4) is 0 Å². The molecule has 1 saturated carbocycles. The van der Waals surface area contributed by atoms with Crippen molar-refractivity contribution in [1.82, 2.24) is 20.2 Å². The van der Waals surface area contributed by atoms with Gasteiger partial charge >= 0.3 is 0 Å². The first-order valence-electron chi connectivity index (χ1n) is 14.3. The van der Waals surface area contributed by atoms with E-state index in [1.54, 1.807) is 37.4 Å². The number of hydrogen-bond acceptors (Lipinski definition) is 8. The number of methoxy groups -OCH3 is 1. The zero-order valence-corrected chi connectivity index (χ0v) is 23.9. The summed E-state index contributed by atoms with van der Waals surface area (Å²) in [7, 11) is 5.44. The summed E-state index contributed by atoms with van der Waals surface area (Å²) in [5.41, 5.74) is 1.91. The average Bonchev–Trinajstić information content (AvgIpc) is 3.35. The molecule has 10 nitrogen and oxygen atoms in total. The minimum absolute atomic E-state index is 0.0588. The van der Waals surface area contributed by atoms with Crippen LogP contribution in [-0.2, 0) is 4.79 Å². The van der Waals surface area contributed by atoms with E-state index in [0.717, 1.165) is 38.2 Å². The highest BCUT2D eigenvalue weighted by Crippen LogP contribution is 2.38. The molecular weight excluding hydrogens is 506 g/mol. The molecule has 2 fully saturated rings. The number of fused-ring (bicyclic) bond motifs is 1. The van der Waals surface area contributed by atoms with E-state index in [1.165, 1.54) is 19.3 Å². The zero-order valence-electron chi connectivity index (χ0n) is 23.9. The Kier molecular flexibility index (Phi) is 8.54. The smallest absolute Gasteiger partial charge is 0.251 e. The highest BCUT2D eigenvalue weighted by molar-refractivity contribution is 5.99. The third kappa shape index (κ3) is 5.91. The van der Waals surface area contributed by atoms with Gasteiger partial charge in [0.25, 0.3) is 5.91 Å². The molecule has 214 valence electrons. The van der Waals surface area contributed by atoms with Crippen molar-refractivity contribution in [3.05, 3.63) is 42.6 Å². The average molecular weight is 548 g/mol. The third-order valence-electron chi connectivity index (χ3n) is 8.38. The number of nitrogens with one attached hydrogen (secondary N) is 2. The molecule has 1 aromatic heterocycles. The van der Waals surface area contributed by atoms with Crippen LogP contribution in [0.15, 0.2) is 37.1 Å². The van der Waals surface area contributed by atoms with E-state index in [0.29, 0.717) is 47.6 Å². The van der Waals surface area contributed by atoms with E-state index in [1.807, 2.05) is 12.1 Å². The van der Waals surface area contributed by atoms with Gasteiger partial charge in [0.2, 0.25) is 11.9 Å². The number of allylic oxidation sites excluding steroid dienone is 1. The van der Waals surface area contributed by atoms with Gasteiger partial charge in [0, 0.05) is 37.8 Å². The van der Waals surface area contributed by atoms with Crippen molar-refractivity contribution in [2.45, 2.75) is 57.0 Å². The molecule has 5 rings (SSSR count). The maximum Gasteiger partial charge on any atom is 0.251 e. The van der Waals surface area contributed by atoms with Gasteiger partial charge in [-0.25, -0.2) is 4.98 Å². The second kappa shape index (κ2) is 12.2. The van der Waals surface area contributed by atoms with Crippen molar-refractivity contribution < 1.29 is 14.3 Å². The van der Waals surface area contributed by atoms with Crippen molar-refractivity contribution in [1.29, 1.82) is 0 Å². The lowest BCUT2D eigenvalue weighted by Gasteiger charge is -2.36. The molecule has 1 saturated heterocycles. The molecular formula is C30H41N7O3. The second-order valence-electron chi connectivity index (χ2n) is 11.2. The summed E-state index contributed by atoms with van der Waals surface area (Å²) in [4.78, 5) is 42.0.